The molecule has 1 amide bonds. The van der Waals surface area contributed by atoms with Crippen LogP contribution in [0.4, 0.5) is 5.69 Å². The molecule has 1 saturated heterocycles. The Morgan fingerprint density at radius 3 is 2.61 bits per heavy atom. The molecule has 5 heteroatoms. The molecule has 23 heavy (non-hydrogen) atoms. The zero-order chi connectivity index (χ0) is 16.1. The van der Waals surface area contributed by atoms with E-state index < -0.39 is 0 Å². The number of rotatable bonds is 5. The molecule has 0 radical (unpaired) electrons. The van der Waals surface area contributed by atoms with Crippen LogP contribution in [0, 0.1) is 0 Å². The second kappa shape index (κ2) is 7.62. The van der Waals surface area contributed by atoms with Gasteiger partial charge in [0, 0.05) is 41.5 Å². The summed E-state index contributed by atoms with van der Waals surface area (Å²) < 4.78 is 0. The maximum absolute atomic E-state index is 12.1. The van der Waals surface area contributed by atoms with E-state index in [9.17, 15) is 4.79 Å². The van der Waals surface area contributed by atoms with E-state index in [1.165, 1.54) is 23.5 Å². The lowest BCUT2D eigenvalue weighted by Crippen LogP contribution is -2.31. The summed E-state index contributed by atoms with van der Waals surface area (Å²) in [7, 11) is 0. The molecule has 4 nitrogen and oxygen atoms in total. The third kappa shape index (κ3) is 4.33. The van der Waals surface area contributed by atoms with Gasteiger partial charge in [-0.05, 0) is 48.9 Å². The topological polar surface area (TPSA) is 54.0 Å². The maximum Gasteiger partial charge on any atom is 0.255 e. The van der Waals surface area contributed by atoms with Gasteiger partial charge in [0.1, 0.15) is 0 Å². The first-order valence-electron chi connectivity index (χ1n) is 7.87. The average Bonchev–Trinajstić information content (AvgIpc) is 3.09. The molecule has 1 aromatic carbocycles. The molecule has 1 aliphatic rings. The summed E-state index contributed by atoms with van der Waals surface area (Å²) in [6.07, 6.45) is 4.48. The zero-order valence-electron chi connectivity index (χ0n) is 13.2. The first-order chi connectivity index (χ1) is 11.2. The van der Waals surface area contributed by atoms with Crippen molar-refractivity contribution in [1.29, 1.82) is 0 Å². The summed E-state index contributed by atoms with van der Waals surface area (Å²) in [4.78, 5) is 16.0. The fourth-order valence-corrected chi connectivity index (χ4v) is 3.84. The second-order valence-corrected chi connectivity index (χ2v) is 6.91. The van der Waals surface area contributed by atoms with Crippen LogP contribution in [0.3, 0.4) is 0 Å². The van der Waals surface area contributed by atoms with E-state index in [-0.39, 0.29) is 5.91 Å². The molecule has 0 bridgehead atoms. The Hall–Kier alpha value is -1.85. The summed E-state index contributed by atoms with van der Waals surface area (Å²) in [6, 6.07) is 12.4. The summed E-state index contributed by atoms with van der Waals surface area (Å²) in [6.45, 7) is 2.19. The smallest absolute Gasteiger partial charge is 0.255 e. The number of benzene rings is 1. The number of anilines is 1. The Balaban J connectivity index is 1.59. The molecule has 2 aromatic rings. The number of hydrogen-bond donors (Lipinski definition) is 2. The van der Waals surface area contributed by atoms with E-state index in [0.29, 0.717) is 17.6 Å². The molecule has 3 rings (SSSR count). The van der Waals surface area contributed by atoms with E-state index in [4.69, 9.17) is 0 Å². The van der Waals surface area contributed by atoms with Crippen molar-refractivity contribution < 1.29 is 4.79 Å². The van der Waals surface area contributed by atoms with E-state index in [1.807, 2.05) is 23.9 Å². The molecule has 0 spiro atoms. The van der Waals surface area contributed by atoms with Crippen LogP contribution < -0.4 is 10.6 Å². The summed E-state index contributed by atoms with van der Waals surface area (Å²) in [5.74, 6) is 2.34. The molecule has 1 aromatic heterocycles. The van der Waals surface area contributed by atoms with Crippen LogP contribution in [-0.2, 0) is 0 Å². The van der Waals surface area contributed by atoms with Gasteiger partial charge in [-0.1, -0.05) is 12.1 Å². The molecule has 0 unspecified atom stereocenters. The summed E-state index contributed by atoms with van der Waals surface area (Å²) >= 11 is 2.01. The van der Waals surface area contributed by atoms with Crippen LogP contribution in [0.15, 0.2) is 48.8 Å². The number of hydrogen-bond acceptors (Lipinski definition) is 4. The number of pyridine rings is 1. The van der Waals surface area contributed by atoms with Gasteiger partial charge in [0.05, 0.1) is 0 Å². The first-order valence-corrected chi connectivity index (χ1v) is 9.03. The number of aromatic nitrogens is 1. The fourth-order valence-electron chi connectivity index (χ4n) is 2.68. The van der Waals surface area contributed by atoms with Gasteiger partial charge in [-0.25, -0.2) is 0 Å². The number of nitrogens with one attached hydrogen (secondary N) is 2. The number of carbonyl (C=O) groups is 1. The summed E-state index contributed by atoms with van der Waals surface area (Å²) in [5.41, 5.74) is 2.65. The lowest BCUT2D eigenvalue weighted by molar-refractivity contribution is 0.102. The molecule has 2 N–H and O–H groups in total. The van der Waals surface area contributed by atoms with E-state index in [1.54, 1.807) is 24.5 Å². The van der Waals surface area contributed by atoms with Crippen LogP contribution >= 0.6 is 11.8 Å². The van der Waals surface area contributed by atoms with Gasteiger partial charge < -0.3 is 10.6 Å². The molecule has 120 valence electrons. The summed E-state index contributed by atoms with van der Waals surface area (Å²) in [5, 5.41) is 6.57. The first kappa shape index (κ1) is 16.0. The molecule has 1 fully saturated rings. The number of thioether (sulfide) groups is 1. The van der Waals surface area contributed by atoms with Crippen LogP contribution in [0.5, 0.6) is 0 Å². The van der Waals surface area contributed by atoms with Crippen LogP contribution in [0.2, 0.25) is 0 Å². The Morgan fingerprint density at radius 2 is 1.96 bits per heavy atom. The minimum absolute atomic E-state index is 0.116. The number of amides is 1. The lowest BCUT2D eigenvalue weighted by atomic mass is 10.1. The van der Waals surface area contributed by atoms with Gasteiger partial charge in [-0.15, -0.1) is 0 Å². The minimum Gasteiger partial charge on any atom is -0.322 e. The maximum atomic E-state index is 12.1. The zero-order valence-corrected chi connectivity index (χ0v) is 14.0. The van der Waals surface area contributed by atoms with Crippen molar-refractivity contribution in [2.45, 2.75) is 25.4 Å². The van der Waals surface area contributed by atoms with Gasteiger partial charge in [0.25, 0.3) is 5.91 Å². The predicted molar refractivity (Wildman–Crippen MR) is 95.9 cm³/mol. The van der Waals surface area contributed by atoms with Crippen molar-refractivity contribution in [3.8, 4) is 0 Å². The molecule has 0 saturated carbocycles. The van der Waals surface area contributed by atoms with E-state index in [0.717, 1.165) is 5.69 Å². The highest BCUT2D eigenvalue weighted by Gasteiger charge is 2.18. The van der Waals surface area contributed by atoms with Crippen molar-refractivity contribution in [2.75, 3.05) is 16.8 Å². The third-order valence-corrected chi connectivity index (χ3v) is 5.19. The van der Waals surface area contributed by atoms with Crippen molar-refractivity contribution >= 4 is 23.4 Å². The molecule has 2 heterocycles. The Kier molecular flexibility index (Phi) is 5.31. The fraction of sp³-hybridized carbons (Fsp3) is 0.333. The number of nitrogens with zero attached hydrogens (tertiary/aromatic N) is 1. The van der Waals surface area contributed by atoms with Crippen molar-refractivity contribution in [3.63, 3.8) is 0 Å². The van der Waals surface area contributed by atoms with E-state index in [2.05, 4.69) is 34.7 Å². The standard InChI is InChI=1S/C18H21N3OS/c1-13(20-17-8-11-23-12-17)14-2-4-16(5-3-14)21-18(22)15-6-9-19-10-7-15/h2-7,9-10,13,17,20H,8,11-12H2,1H3,(H,21,22)/t13-,17-/m1/s1. The Bertz CT molecular complexity index is 639. The van der Waals surface area contributed by atoms with Gasteiger partial charge >= 0.3 is 0 Å². The van der Waals surface area contributed by atoms with Crippen LogP contribution in [0.1, 0.15) is 35.3 Å². The van der Waals surface area contributed by atoms with E-state index >= 15 is 0 Å². The highest BCUT2D eigenvalue weighted by atomic mass is 32.2. The molecular formula is C18H21N3OS. The highest BCUT2D eigenvalue weighted by molar-refractivity contribution is 7.99. The second-order valence-electron chi connectivity index (χ2n) is 5.76. The molecule has 1 aliphatic heterocycles. The largest absolute Gasteiger partial charge is 0.322 e. The van der Waals surface area contributed by atoms with Crippen LogP contribution in [0.25, 0.3) is 0 Å². The Morgan fingerprint density at radius 1 is 1.22 bits per heavy atom. The normalized spacial score (nSPS) is 18.6. The van der Waals surface area contributed by atoms with Gasteiger partial charge in [0.15, 0.2) is 0 Å². The quantitative estimate of drug-likeness (QED) is 0.883. The number of carbonyl (C=O) groups excluding carboxylic acids is 1. The lowest BCUT2D eigenvalue weighted by Gasteiger charge is -2.19. The Labute approximate surface area is 141 Å². The van der Waals surface area contributed by atoms with Crippen LogP contribution in [-0.4, -0.2) is 28.4 Å². The highest BCUT2D eigenvalue weighted by Crippen LogP contribution is 2.22. The van der Waals surface area contributed by atoms with Gasteiger partial charge in [-0.3, -0.25) is 9.78 Å². The third-order valence-electron chi connectivity index (χ3n) is 4.03. The van der Waals surface area contributed by atoms with Gasteiger partial charge in [-0.2, -0.15) is 11.8 Å². The molecule has 2 atom stereocenters. The molecular weight excluding hydrogens is 306 g/mol. The molecule has 0 aliphatic carbocycles. The average molecular weight is 327 g/mol. The van der Waals surface area contributed by atoms with Gasteiger partial charge in [0.2, 0.25) is 0 Å². The monoisotopic (exact) mass is 327 g/mol. The van der Waals surface area contributed by atoms with Crippen molar-refractivity contribution in [2.24, 2.45) is 0 Å². The minimum atomic E-state index is -0.116. The van der Waals surface area contributed by atoms with Crippen molar-refractivity contribution in [3.05, 3.63) is 59.9 Å². The predicted octanol–water partition coefficient (Wildman–Crippen LogP) is 3.49. The SMILES string of the molecule is C[C@@H](N[C@@H]1CCSC1)c1ccc(NC(=O)c2ccncc2)cc1. The van der Waals surface area contributed by atoms with Crippen molar-refractivity contribution in [1.82, 2.24) is 10.3 Å².